The van der Waals surface area contributed by atoms with Crippen LogP contribution < -0.4 is 0 Å². The highest BCUT2D eigenvalue weighted by atomic mass is 35.5. The van der Waals surface area contributed by atoms with Crippen molar-refractivity contribution in [3.05, 3.63) is 59.4 Å². The molecule has 3 unspecified atom stereocenters. The summed E-state index contributed by atoms with van der Waals surface area (Å²) < 4.78 is 6.36. The summed E-state index contributed by atoms with van der Waals surface area (Å²) in [4.78, 5) is 2.05. The Bertz CT molecular complexity index is 575. The molecule has 1 aliphatic rings. The van der Waals surface area contributed by atoms with Crippen molar-refractivity contribution in [2.45, 2.75) is 38.5 Å². The number of hydrogen-bond donors (Lipinski definition) is 0. The van der Waals surface area contributed by atoms with E-state index in [-0.39, 0.29) is 6.10 Å². The van der Waals surface area contributed by atoms with Gasteiger partial charge in [0.2, 0.25) is 0 Å². The fraction of sp³-hybridized carbons (Fsp3) is 0.500. The monoisotopic (exact) mass is 365 g/mol. The third kappa shape index (κ3) is 5.30. The normalized spacial score (nSPS) is 22.0. The minimum atomic E-state index is -0.0647. The van der Waals surface area contributed by atoms with Gasteiger partial charge >= 0.3 is 0 Å². The molecule has 0 amide bonds. The molecule has 1 aliphatic heterocycles. The number of rotatable bonds is 8. The van der Waals surface area contributed by atoms with Crippen LogP contribution in [0.15, 0.2) is 43.3 Å². The van der Waals surface area contributed by atoms with E-state index in [2.05, 4.69) is 32.6 Å². The van der Waals surface area contributed by atoms with Crippen molar-refractivity contribution < 1.29 is 4.74 Å². The fourth-order valence-corrected chi connectivity index (χ4v) is 4.60. The molecule has 4 heteroatoms. The van der Waals surface area contributed by atoms with Crippen molar-refractivity contribution in [1.82, 2.24) is 4.90 Å². The molecule has 0 radical (unpaired) electrons. The van der Waals surface area contributed by atoms with Gasteiger partial charge in [-0.05, 0) is 56.0 Å². The number of allylic oxidation sites excluding steroid dienone is 1. The molecule has 1 aromatic rings. The van der Waals surface area contributed by atoms with Gasteiger partial charge in [-0.3, -0.25) is 0 Å². The first-order valence-electron chi connectivity index (χ1n) is 8.55. The second kappa shape index (κ2) is 9.55. The van der Waals surface area contributed by atoms with E-state index in [9.17, 15) is 0 Å². The zero-order valence-electron chi connectivity index (χ0n) is 14.9. The van der Waals surface area contributed by atoms with Gasteiger partial charge in [-0.1, -0.05) is 43.3 Å². The third-order valence-electron chi connectivity index (χ3n) is 4.50. The number of ether oxygens (including phenoxy) is 1. The van der Waals surface area contributed by atoms with Crippen molar-refractivity contribution >= 4 is 23.4 Å². The van der Waals surface area contributed by atoms with E-state index in [1.165, 1.54) is 12.2 Å². The molecule has 2 nitrogen and oxygen atoms in total. The van der Waals surface area contributed by atoms with Gasteiger partial charge in [0.05, 0.1) is 13.2 Å². The predicted molar refractivity (Wildman–Crippen MR) is 107 cm³/mol. The number of benzene rings is 1. The lowest BCUT2D eigenvalue weighted by molar-refractivity contribution is 0.0193. The maximum Gasteiger partial charge on any atom is 0.102 e. The lowest BCUT2D eigenvalue weighted by Crippen LogP contribution is -2.24. The van der Waals surface area contributed by atoms with Crippen LogP contribution in [-0.4, -0.2) is 29.1 Å². The highest BCUT2D eigenvalue weighted by Gasteiger charge is 2.26. The van der Waals surface area contributed by atoms with Crippen molar-refractivity contribution in [2.24, 2.45) is 5.92 Å². The van der Waals surface area contributed by atoms with E-state index in [4.69, 9.17) is 16.3 Å². The van der Waals surface area contributed by atoms with Crippen LogP contribution >= 0.6 is 23.4 Å². The predicted octanol–water partition coefficient (Wildman–Crippen LogP) is 5.83. The van der Waals surface area contributed by atoms with E-state index < -0.39 is 0 Å². The van der Waals surface area contributed by atoms with Crippen LogP contribution in [-0.2, 0) is 4.74 Å². The first-order valence-corrected chi connectivity index (χ1v) is 9.98. The molecule has 0 N–H and O–H groups in total. The molecule has 2 rings (SSSR count). The van der Waals surface area contributed by atoms with Crippen LogP contribution in [0.5, 0.6) is 0 Å². The van der Waals surface area contributed by atoms with Crippen molar-refractivity contribution in [3.8, 4) is 0 Å². The highest BCUT2D eigenvalue weighted by Crippen LogP contribution is 2.34. The quantitative estimate of drug-likeness (QED) is 0.575. The maximum atomic E-state index is 6.51. The number of halogens is 1. The first kappa shape index (κ1) is 19.4. The smallest absolute Gasteiger partial charge is 0.102 e. The van der Waals surface area contributed by atoms with Crippen LogP contribution in [0.4, 0.5) is 0 Å². The Morgan fingerprint density at radius 1 is 1.50 bits per heavy atom. The van der Waals surface area contributed by atoms with Crippen molar-refractivity contribution in [2.75, 3.05) is 18.9 Å². The van der Waals surface area contributed by atoms with Gasteiger partial charge in [-0.15, -0.1) is 0 Å². The van der Waals surface area contributed by atoms with E-state index in [0.717, 1.165) is 22.8 Å². The summed E-state index contributed by atoms with van der Waals surface area (Å²) in [6.45, 7) is 11.7. The topological polar surface area (TPSA) is 12.5 Å². The average Bonchev–Trinajstić information content (AvgIpc) is 2.96. The fourth-order valence-electron chi connectivity index (χ4n) is 2.95. The second-order valence-electron chi connectivity index (χ2n) is 6.33. The molecule has 0 bridgehead atoms. The second-order valence-corrected chi connectivity index (χ2v) is 8.23. The molecular weight excluding hydrogens is 338 g/mol. The molecule has 1 aromatic carbocycles. The van der Waals surface area contributed by atoms with Crippen LogP contribution in [0.3, 0.4) is 0 Å². The summed E-state index contributed by atoms with van der Waals surface area (Å²) in [6, 6.07) is 6.20. The van der Waals surface area contributed by atoms with Gasteiger partial charge < -0.3 is 9.64 Å². The molecule has 132 valence electrons. The van der Waals surface area contributed by atoms with Crippen LogP contribution in [0, 0.1) is 12.8 Å². The Balaban J connectivity index is 2.14. The zero-order valence-corrected chi connectivity index (χ0v) is 16.4. The Kier molecular flexibility index (Phi) is 7.73. The lowest BCUT2D eigenvalue weighted by Gasteiger charge is -2.27. The molecule has 0 aliphatic carbocycles. The van der Waals surface area contributed by atoms with E-state index in [1.807, 2.05) is 48.1 Å². The summed E-state index contributed by atoms with van der Waals surface area (Å²) in [5.74, 6) is 1.86. The standard InChI is InChI=1S/C20H28ClNOS/c1-5-10-22(6-2)13-20(18-8-7-15(3)12-19(18)21)23-14-17-9-11-24-16(17)4/h5-8,10,12,16-17,20H,2,9,11,13-14H2,1,3-4H3/b10-5-. The van der Waals surface area contributed by atoms with E-state index in [0.29, 0.717) is 17.7 Å². The van der Waals surface area contributed by atoms with E-state index >= 15 is 0 Å². The highest BCUT2D eigenvalue weighted by molar-refractivity contribution is 8.00. The SMILES string of the molecule is C=CN(/C=C\C)CC(OCC1CCSC1C)c1ccc(C)cc1Cl. The van der Waals surface area contributed by atoms with E-state index in [1.54, 1.807) is 0 Å². The summed E-state index contributed by atoms with van der Waals surface area (Å²) in [7, 11) is 0. The minimum Gasteiger partial charge on any atom is -0.371 e. The number of aryl methyl sites for hydroxylation is 1. The molecule has 0 saturated carbocycles. The van der Waals surface area contributed by atoms with Gasteiger partial charge in [0, 0.05) is 15.8 Å². The van der Waals surface area contributed by atoms with Crippen molar-refractivity contribution in [1.29, 1.82) is 0 Å². The summed E-state index contributed by atoms with van der Waals surface area (Å²) in [5.41, 5.74) is 2.22. The molecule has 1 heterocycles. The number of hydrogen-bond acceptors (Lipinski definition) is 3. The minimum absolute atomic E-state index is 0.0647. The lowest BCUT2D eigenvalue weighted by atomic mass is 10.0. The summed E-state index contributed by atoms with van der Waals surface area (Å²) >= 11 is 8.55. The molecule has 1 saturated heterocycles. The molecule has 0 aromatic heterocycles. The molecule has 0 spiro atoms. The Morgan fingerprint density at radius 2 is 2.29 bits per heavy atom. The van der Waals surface area contributed by atoms with Gasteiger partial charge in [-0.25, -0.2) is 0 Å². The maximum absolute atomic E-state index is 6.51. The largest absolute Gasteiger partial charge is 0.371 e. The van der Waals surface area contributed by atoms with Gasteiger partial charge in [0.15, 0.2) is 0 Å². The van der Waals surface area contributed by atoms with Gasteiger partial charge in [0.1, 0.15) is 6.10 Å². The Hall–Kier alpha value is -0.900. The zero-order chi connectivity index (χ0) is 17.5. The molecule has 24 heavy (non-hydrogen) atoms. The average molecular weight is 366 g/mol. The summed E-state index contributed by atoms with van der Waals surface area (Å²) in [5, 5.41) is 1.45. The number of nitrogens with zero attached hydrogens (tertiary/aromatic N) is 1. The molecule has 1 fully saturated rings. The van der Waals surface area contributed by atoms with Gasteiger partial charge in [0.25, 0.3) is 0 Å². The van der Waals surface area contributed by atoms with Crippen LogP contribution in [0.1, 0.15) is 37.5 Å². The first-order chi connectivity index (χ1) is 11.5. The molecular formula is C20H28ClNOS. The summed E-state index contributed by atoms with van der Waals surface area (Å²) in [6.07, 6.45) is 7.02. The van der Waals surface area contributed by atoms with Crippen LogP contribution in [0.2, 0.25) is 5.02 Å². The molecule has 3 atom stereocenters. The third-order valence-corrected chi connectivity index (χ3v) is 6.21. The number of thioether (sulfide) groups is 1. The Morgan fingerprint density at radius 3 is 2.88 bits per heavy atom. The van der Waals surface area contributed by atoms with Crippen LogP contribution in [0.25, 0.3) is 0 Å². The van der Waals surface area contributed by atoms with Gasteiger partial charge in [-0.2, -0.15) is 11.8 Å². The Labute approximate surface area is 155 Å². The van der Waals surface area contributed by atoms with Crippen molar-refractivity contribution in [3.63, 3.8) is 0 Å².